The van der Waals surface area contributed by atoms with Crippen molar-refractivity contribution in [2.45, 2.75) is 10.8 Å². The van der Waals surface area contributed by atoms with E-state index in [9.17, 15) is 13.2 Å². The lowest BCUT2D eigenvalue weighted by Gasteiger charge is -2.03. The van der Waals surface area contributed by atoms with Gasteiger partial charge in [0, 0.05) is 11.9 Å². The number of thiophene rings is 1. The summed E-state index contributed by atoms with van der Waals surface area (Å²) in [4.78, 5) is 16.1. The van der Waals surface area contributed by atoms with Gasteiger partial charge in [0.2, 0.25) is 0 Å². The zero-order valence-corrected chi connectivity index (χ0v) is 14.7. The number of hydrogen-bond acceptors (Lipinski definition) is 6. The molecule has 2 heterocycles. The van der Waals surface area contributed by atoms with Crippen LogP contribution in [0.5, 0.6) is 0 Å². The first-order chi connectivity index (χ1) is 11.5. The number of sulfonamides is 1. The Morgan fingerprint density at radius 2 is 1.88 bits per heavy atom. The van der Waals surface area contributed by atoms with Crippen LogP contribution in [0.1, 0.15) is 16.1 Å². The molecule has 0 radical (unpaired) electrons. The highest BCUT2D eigenvalue weighted by Gasteiger charge is 2.18. The van der Waals surface area contributed by atoms with E-state index in [0.717, 1.165) is 28.2 Å². The predicted molar refractivity (Wildman–Crippen MR) is 94.9 cm³/mol. The third kappa shape index (κ3) is 3.99. The molecule has 6 nitrogen and oxygen atoms in total. The molecule has 1 amide bonds. The van der Waals surface area contributed by atoms with Gasteiger partial charge in [-0.15, -0.1) is 22.7 Å². The fraction of sp³-hybridized carbons (Fsp3) is 0.0667. The first kappa shape index (κ1) is 16.6. The minimum atomic E-state index is -3.65. The minimum absolute atomic E-state index is 0.160. The molecule has 9 heteroatoms. The zero-order valence-electron chi connectivity index (χ0n) is 12.3. The second kappa shape index (κ2) is 7.12. The zero-order chi connectivity index (χ0) is 17.0. The van der Waals surface area contributed by atoms with Gasteiger partial charge in [-0.1, -0.05) is 36.4 Å². The van der Waals surface area contributed by atoms with E-state index in [1.807, 2.05) is 30.3 Å². The number of thiazole rings is 1. The molecule has 3 aromatic rings. The number of carbonyl (C=O) groups excluding carboxylic acids is 1. The maximum Gasteiger partial charge on any atom is 0.273 e. The summed E-state index contributed by atoms with van der Waals surface area (Å²) in [6, 6.07) is 12.7. The molecule has 3 rings (SSSR count). The van der Waals surface area contributed by atoms with Gasteiger partial charge in [-0.25, -0.2) is 13.4 Å². The summed E-state index contributed by atoms with van der Waals surface area (Å²) in [6.07, 6.45) is 0. The third-order valence-electron chi connectivity index (χ3n) is 3.01. The van der Waals surface area contributed by atoms with Gasteiger partial charge < -0.3 is 5.32 Å². The van der Waals surface area contributed by atoms with Gasteiger partial charge in [0.1, 0.15) is 9.90 Å². The Kier molecular flexibility index (Phi) is 4.93. The molecule has 0 saturated heterocycles. The molecule has 2 N–H and O–H groups in total. The summed E-state index contributed by atoms with van der Waals surface area (Å²) in [7, 11) is -3.65. The summed E-state index contributed by atoms with van der Waals surface area (Å²) < 4.78 is 26.8. The summed E-state index contributed by atoms with van der Waals surface area (Å²) in [5.41, 5.74) is 1.15. The molecule has 0 atom stereocenters. The van der Waals surface area contributed by atoms with Crippen LogP contribution in [-0.2, 0) is 16.6 Å². The summed E-state index contributed by atoms with van der Waals surface area (Å²) in [6.45, 7) is 0.382. The highest BCUT2D eigenvalue weighted by Crippen LogP contribution is 2.22. The number of rotatable bonds is 6. The van der Waals surface area contributed by atoms with E-state index >= 15 is 0 Å². The van der Waals surface area contributed by atoms with Gasteiger partial charge in [0.15, 0.2) is 5.13 Å². The van der Waals surface area contributed by atoms with Crippen LogP contribution in [0.2, 0.25) is 0 Å². The summed E-state index contributed by atoms with van der Waals surface area (Å²) in [5.74, 6) is -0.350. The van der Waals surface area contributed by atoms with Crippen molar-refractivity contribution in [3.63, 3.8) is 0 Å². The molecule has 0 unspecified atom stereocenters. The number of aromatic nitrogens is 1. The van der Waals surface area contributed by atoms with Crippen molar-refractivity contribution in [2.75, 3.05) is 4.72 Å². The molecule has 0 fully saturated rings. The highest BCUT2D eigenvalue weighted by molar-refractivity contribution is 7.94. The van der Waals surface area contributed by atoms with Crippen LogP contribution < -0.4 is 10.0 Å². The van der Waals surface area contributed by atoms with Crippen molar-refractivity contribution in [3.8, 4) is 0 Å². The van der Waals surface area contributed by atoms with Crippen LogP contribution in [0.4, 0.5) is 5.13 Å². The molecule has 2 aromatic heterocycles. The Labute approximate surface area is 147 Å². The second-order valence-electron chi connectivity index (χ2n) is 4.74. The first-order valence-corrected chi connectivity index (χ1v) is 10.1. The van der Waals surface area contributed by atoms with Crippen molar-refractivity contribution >= 4 is 43.7 Å². The van der Waals surface area contributed by atoms with Crippen molar-refractivity contribution < 1.29 is 13.2 Å². The number of benzene rings is 1. The van der Waals surface area contributed by atoms with Gasteiger partial charge in [0.05, 0.1) is 0 Å². The molecule has 0 spiro atoms. The van der Waals surface area contributed by atoms with Crippen molar-refractivity contribution in [1.82, 2.24) is 10.3 Å². The van der Waals surface area contributed by atoms with Crippen LogP contribution in [0.3, 0.4) is 0 Å². The van der Waals surface area contributed by atoms with Crippen LogP contribution in [0, 0.1) is 0 Å². The standard InChI is InChI=1S/C15H13N3O3S3/c19-14(16-9-11-5-2-1-3-6-11)12-10-23-15(17-12)18-24(20,21)13-7-4-8-22-13/h1-8,10H,9H2,(H,16,19)(H,17,18). The molecule has 24 heavy (non-hydrogen) atoms. The summed E-state index contributed by atoms with van der Waals surface area (Å²) in [5, 5.41) is 6.11. The van der Waals surface area contributed by atoms with Crippen LogP contribution in [0.15, 0.2) is 57.4 Å². The maximum atomic E-state index is 12.1. The second-order valence-corrected chi connectivity index (χ2v) is 8.46. The number of anilines is 1. The van der Waals surface area contributed by atoms with Gasteiger partial charge in [-0.3, -0.25) is 9.52 Å². The van der Waals surface area contributed by atoms with Gasteiger partial charge >= 0.3 is 0 Å². The molecular weight excluding hydrogens is 366 g/mol. The number of carbonyl (C=O) groups is 1. The average molecular weight is 379 g/mol. The van der Waals surface area contributed by atoms with Crippen LogP contribution in [0.25, 0.3) is 0 Å². The molecular formula is C15H13N3O3S3. The number of amides is 1. The largest absolute Gasteiger partial charge is 0.347 e. The van der Waals surface area contributed by atoms with Gasteiger partial charge in [-0.2, -0.15) is 0 Å². The Balaban J connectivity index is 1.64. The molecule has 0 aliphatic carbocycles. The number of hydrogen-bond donors (Lipinski definition) is 2. The minimum Gasteiger partial charge on any atom is -0.347 e. The molecule has 0 saturated carbocycles. The normalized spacial score (nSPS) is 11.2. The van der Waals surface area contributed by atoms with Gasteiger partial charge in [-0.05, 0) is 17.0 Å². The van der Waals surface area contributed by atoms with E-state index in [1.54, 1.807) is 11.4 Å². The van der Waals surface area contributed by atoms with E-state index in [-0.39, 0.29) is 20.9 Å². The predicted octanol–water partition coefficient (Wildman–Crippen LogP) is 2.94. The lowest BCUT2D eigenvalue weighted by atomic mass is 10.2. The van der Waals surface area contributed by atoms with Gasteiger partial charge in [0.25, 0.3) is 15.9 Å². The smallest absolute Gasteiger partial charge is 0.273 e. The lowest BCUT2D eigenvalue weighted by Crippen LogP contribution is -2.23. The highest BCUT2D eigenvalue weighted by atomic mass is 32.2. The summed E-state index contributed by atoms with van der Waals surface area (Å²) >= 11 is 2.18. The topological polar surface area (TPSA) is 88.2 Å². The Bertz CT molecular complexity index is 919. The van der Waals surface area contributed by atoms with E-state index in [0.29, 0.717) is 6.54 Å². The van der Waals surface area contributed by atoms with Crippen molar-refractivity contribution in [3.05, 3.63) is 64.5 Å². The third-order valence-corrected chi connectivity index (χ3v) is 6.64. The van der Waals surface area contributed by atoms with Crippen LogP contribution in [-0.4, -0.2) is 19.3 Å². The maximum absolute atomic E-state index is 12.1. The Morgan fingerprint density at radius 1 is 1.08 bits per heavy atom. The Morgan fingerprint density at radius 3 is 2.58 bits per heavy atom. The number of nitrogens with zero attached hydrogens (tertiary/aromatic N) is 1. The van der Waals surface area contributed by atoms with Crippen LogP contribution >= 0.6 is 22.7 Å². The molecule has 0 aliphatic heterocycles. The first-order valence-electron chi connectivity index (χ1n) is 6.88. The average Bonchev–Trinajstić information content (AvgIpc) is 3.25. The number of nitrogens with one attached hydrogen (secondary N) is 2. The van der Waals surface area contributed by atoms with E-state index in [4.69, 9.17) is 0 Å². The van der Waals surface area contributed by atoms with E-state index in [1.165, 1.54) is 11.4 Å². The van der Waals surface area contributed by atoms with E-state index < -0.39 is 10.0 Å². The monoisotopic (exact) mass is 379 g/mol. The Hall–Kier alpha value is -2.23. The van der Waals surface area contributed by atoms with E-state index in [2.05, 4.69) is 15.0 Å². The fourth-order valence-electron chi connectivity index (χ4n) is 1.88. The SMILES string of the molecule is O=C(NCc1ccccc1)c1csc(NS(=O)(=O)c2cccs2)n1. The molecule has 0 aliphatic rings. The van der Waals surface area contributed by atoms with Crippen molar-refractivity contribution in [2.24, 2.45) is 0 Å². The molecule has 0 bridgehead atoms. The molecule has 124 valence electrons. The lowest BCUT2D eigenvalue weighted by molar-refractivity contribution is 0.0946. The fourth-order valence-corrected chi connectivity index (χ4v) is 4.81. The van der Waals surface area contributed by atoms with Crippen molar-refractivity contribution in [1.29, 1.82) is 0 Å². The quantitative estimate of drug-likeness (QED) is 0.689. The molecule has 1 aromatic carbocycles.